The van der Waals surface area contributed by atoms with Crippen molar-refractivity contribution in [2.24, 2.45) is 0 Å². The van der Waals surface area contributed by atoms with Gasteiger partial charge < -0.3 is 10.1 Å². The first-order valence-corrected chi connectivity index (χ1v) is 11.9. The summed E-state index contributed by atoms with van der Waals surface area (Å²) in [4.78, 5) is 12.7. The first-order valence-electron chi connectivity index (χ1n) is 9.49. The number of carbonyl (C=O) groups excluding carboxylic acids is 1. The molecule has 0 atom stereocenters. The van der Waals surface area contributed by atoms with Crippen LogP contribution in [0.25, 0.3) is 0 Å². The molecule has 2 aromatic carbocycles. The molecule has 1 heterocycles. The Balaban J connectivity index is 1.60. The molecular formula is C23H22N2O4S2. The Kier molecular flexibility index (Phi) is 7.34. The number of hydrogen-bond acceptors (Lipinski definition) is 5. The normalized spacial score (nSPS) is 10.8. The highest BCUT2D eigenvalue weighted by Gasteiger charge is 2.24. The Morgan fingerprint density at radius 1 is 1.10 bits per heavy atom. The lowest BCUT2D eigenvalue weighted by atomic mass is 10.1. The maximum Gasteiger partial charge on any atom is 0.263 e. The van der Waals surface area contributed by atoms with E-state index in [9.17, 15) is 13.2 Å². The molecule has 0 radical (unpaired) electrons. The highest BCUT2D eigenvalue weighted by Crippen LogP contribution is 2.24. The molecule has 0 saturated heterocycles. The summed E-state index contributed by atoms with van der Waals surface area (Å²) < 4.78 is 33.4. The molecule has 1 aromatic heterocycles. The summed E-state index contributed by atoms with van der Waals surface area (Å²) >= 11 is 1.09. The molecule has 1 amide bonds. The molecule has 31 heavy (non-hydrogen) atoms. The van der Waals surface area contributed by atoms with Crippen molar-refractivity contribution in [1.82, 2.24) is 5.32 Å². The summed E-state index contributed by atoms with van der Waals surface area (Å²) in [7, 11) is -3.88. The van der Waals surface area contributed by atoms with Crippen LogP contribution < -0.4 is 14.8 Å². The van der Waals surface area contributed by atoms with Crippen LogP contribution in [-0.2, 0) is 16.4 Å². The molecule has 0 spiro atoms. The van der Waals surface area contributed by atoms with Gasteiger partial charge in [0.1, 0.15) is 22.1 Å². The highest BCUT2D eigenvalue weighted by molar-refractivity contribution is 7.93. The number of hydrogen-bond donors (Lipinski definition) is 2. The van der Waals surface area contributed by atoms with Gasteiger partial charge in [-0.3, -0.25) is 9.52 Å². The van der Waals surface area contributed by atoms with Crippen molar-refractivity contribution in [3.8, 4) is 18.1 Å². The summed E-state index contributed by atoms with van der Waals surface area (Å²) in [5, 5.41) is 4.38. The van der Waals surface area contributed by atoms with Crippen LogP contribution in [0, 0.1) is 19.3 Å². The molecule has 6 nitrogen and oxygen atoms in total. The Morgan fingerprint density at radius 2 is 1.81 bits per heavy atom. The molecule has 0 bridgehead atoms. The van der Waals surface area contributed by atoms with E-state index >= 15 is 0 Å². The van der Waals surface area contributed by atoms with E-state index in [1.165, 1.54) is 6.07 Å². The summed E-state index contributed by atoms with van der Waals surface area (Å²) in [6.07, 6.45) is 5.76. The van der Waals surface area contributed by atoms with Gasteiger partial charge in [0.05, 0.1) is 0 Å². The minimum absolute atomic E-state index is 0.0365. The minimum Gasteiger partial charge on any atom is -0.481 e. The van der Waals surface area contributed by atoms with Crippen molar-refractivity contribution < 1.29 is 17.9 Å². The summed E-state index contributed by atoms with van der Waals surface area (Å²) in [5.74, 6) is 2.66. The van der Waals surface area contributed by atoms with Gasteiger partial charge in [0.15, 0.2) is 0 Å². The van der Waals surface area contributed by atoms with Gasteiger partial charge in [0.2, 0.25) is 0 Å². The van der Waals surface area contributed by atoms with E-state index in [0.717, 1.165) is 22.5 Å². The van der Waals surface area contributed by atoms with Crippen LogP contribution in [-0.4, -0.2) is 27.5 Å². The van der Waals surface area contributed by atoms with Gasteiger partial charge in [-0.05, 0) is 54.6 Å². The van der Waals surface area contributed by atoms with E-state index in [1.54, 1.807) is 17.5 Å². The van der Waals surface area contributed by atoms with E-state index in [0.29, 0.717) is 24.4 Å². The number of benzene rings is 2. The maximum atomic E-state index is 12.8. The van der Waals surface area contributed by atoms with Crippen LogP contribution in [0.3, 0.4) is 0 Å². The molecule has 0 aliphatic heterocycles. The number of anilines is 1. The number of terminal acetylenes is 1. The van der Waals surface area contributed by atoms with Crippen molar-refractivity contribution in [2.45, 2.75) is 18.2 Å². The zero-order chi connectivity index (χ0) is 22.3. The smallest absolute Gasteiger partial charge is 0.263 e. The van der Waals surface area contributed by atoms with Crippen LogP contribution in [0.5, 0.6) is 5.75 Å². The van der Waals surface area contributed by atoms with Gasteiger partial charge >= 0.3 is 0 Å². The van der Waals surface area contributed by atoms with E-state index < -0.39 is 15.9 Å². The predicted octanol–water partition coefficient (Wildman–Crippen LogP) is 3.84. The monoisotopic (exact) mass is 454 g/mol. The van der Waals surface area contributed by atoms with Crippen molar-refractivity contribution in [3.05, 3.63) is 76.0 Å². The predicted molar refractivity (Wildman–Crippen MR) is 123 cm³/mol. The van der Waals surface area contributed by atoms with Crippen LogP contribution in [0.2, 0.25) is 0 Å². The Hall–Kier alpha value is -3.28. The highest BCUT2D eigenvalue weighted by atomic mass is 32.2. The lowest BCUT2D eigenvalue weighted by Crippen LogP contribution is -2.27. The number of aryl methyl sites for hydroxylation is 1. The quantitative estimate of drug-likeness (QED) is 0.481. The van der Waals surface area contributed by atoms with E-state index in [4.69, 9.17) is 11.2 Å². The van der Waals surface area contributed by atoms with Crippen LogP contribution in [0.1, 0.15) is 20.8 Å². The molecule has 160 valence electrons. The maximum absolute atomic E-state index is 12.8. The summed E-state index contributed by atoms with van der Waals surface area (Å²) in [6.45, 7) is 2.49. The number of rotatable bonds is 9. The molecular weight excluding hydrogens is 432 g/mol. The van der Waals surface area contributed by atoms with E-state index in [2.05, 4.69) is 16.0 Å². The van der Waals surface area contributed by atoms with Gasteiger partial charge in [0, 0.05) is 12.2 Å². The number of sulfonamides is 1. The first kappa shape index (κ1) is 22.4. The Morgan fingerprint density at radius 3 is 2.48 bits per heavy atom. The second-order valence-electron chi connectivity index (χ2n) is 6.73. The van der Waals surface area contributed by atoms with Crippen molar-refractivity contribution in [3.63, 3.8) is 0 Å². The summed E-state index contributed by atoms with van der Waals surface area (Å²) in [6, 6.07) is 15.8. The van der Waals surface area contributed by atoms with Crippen LogP contribution in [0.15, 0.2) is 64.9 Å². The number of nitrogens with one attached hydrogen (secondary N) is 2. The van der Waals surface area contributed by atoms with Crippen molar-refractivity contribution in [2.75, 3.05) is 17.9 Å². The number of amides is 1. The SMILES string of the molecule is C#CCOc1ccc(CCNC(=O)c2sccc2S(=O)(=O)Nc2ccc(C)cc2)cc1. The van der Waals surface area contributed by atoms with Crippen LogP contribution >= 0.6 is 11.3 Å². The van der Waals surface area contributed by atoms with Crippen LogP contribution in [0.4, 0.5) is 5.69 Å². The largest absolute Gasteiger partial charge is 0.481 e. The standard InChI is InChI=1S/C23H22N2O4S2/c1-3-15-29-20-10-6-18(7-11-20)12-14-24-23(26)22-21(13-16-30-22)31(27,28)25-19-8-4-17(2)5-9-19/h1,4-11,13,16,25H,12,14-15H2,2H3,(H,24,26). The molecule has 0 aliphatic carbocycles. The lowest BCUT2D eigenvalue weighted by Gasteiger charge is -2.10. The zero-order valence-electron chi connectivity index (χ0n) is 16.9. The third kappa shape index (κ3) is 6.10. The van der Waals surface area contributed by atoms with Crippen molar-refractivity contribution >= 4 is 33.0 Å². The molecule has 3 aromatic rings. The Labute approximate surface area is 186 Å². The van der Waals surface area contributed by atoms with E-state index in [-0.39, 0.29) is 16.4 Å². The molecule has 0 saturated carbocycles. The van der Waals surface area contributed by atoms with Gasteiger partial charge in [-0.15, -0.1) is 17.8 Å². The number of carbonyl (C=O) groups is 1. The fourth-order valence-corrected chi connectivity index (χ4v) is 5.19. The Bertz CT molecular complexity index is 1180. The average molecular weight is 455 g/mol. The second-order valence-corrected chi connectivity index (χ2v) is 9.30. The third-order valence-electron chi connectivity index (χ3n) is 4.37. The molecule has 0 aliphatic rings. The van der Waals surface area contributed by atoms with Crippen molar-refractivity contribution in [1.29, 1.82) is 0 Å². The minimum atomic E-state index is -3.88. The number of ether oxygens (including phenoxy) is 1. The first-order chi connectivity index (χ1) is 14.9. The average Bonchev–Trinajstić information content (AvgIpc) is 3.26. The topological polar surface area (TPSA) is 84.5 Å². The fraction of sp³-hybridized carbons (Fsp3) is 0.174. The third-order valence-corrected chi connectivity index (χ3v) is 6.84. The molecule has 3 rings (SSSR count). The zero-order valence-corrected chi connectivity index (χ0v) is 18.6. The van der Waals surface area contributed by atoms with Gasteiger partial charge in [0.25, 0.3) is 15.9 Å². The number of thiophene rings is 1. The molecule has 0 fully saturated rings. The van der Waals surface area contributed by atoms with Gasteiger partial charge in [-0.1, -0.05) is 35.7 Å². The van der Waals surface area contributed by atoms with E-state index in [1.807, 2.05) is 43.3 Å². The van der Waals surface area contributed by atoms with Gasteiger partial charge in [-0.25, -0.2) is 8.42 Å². The molecule has 8 heteroatoms. The van der Waals surface area contributed by atoms with Gasteiger partial charge in [-0.2, -0.15) is 0 Å². The molecule has 0 unspecified atom stereocenters. The summed E-state index contributed by atoms with van der Waals surface area (Å²) in [5.41, 5.74) is 2.47. The fourth-order valence-electron chi connectivity index (χ4n) is 2.78. The second kappa shape index (κ2) is 10.2. The molecule has 2 N–H and O–H groups in total. The lowest BCUT2D eigenvalue weighted by molar-refractivity contribution is 0.0955.